The van der Waals surface area contributed by atoms with Gasteiger partial charge in [-0.15, -0.1) is 0 Å². The molecule has 1 aliphatic rings. The van der Waals surface area contributed by atoms with E-state index in [1.807, 2.05) is 30.1 Å². The number of carbonyl (C=O) groups excluding carboxylic acids is 1. The number of likely N-dealkylation sites (tertiary alicyclic amines) is 1. The second-order valence-electron chi connectivity index (χ2n) is 3.55. The third kappa shape index (κ3) is 1.57. The Labute approximate surface area is 78.2 Å². The van der Waals surface area contributed by atoms with Crippen molar-refractivity contribution in [2.45, 2.75) is 18.9 Å². The van der Waals surface area contributed by atoms with Crippen LogP contribution in [0.4, 0.5) is 0 Å². The number of hydrogen-bond donors (Lipinski definition) is 0. The summed E-state index contributed by atoms with van der Waals surface area (Å²) in [6.07, 6.45) is 1.70. The Bertz CT molecular complexity index is 307. The Kier molecular flexibility index (Phi) is 2.05. The molecule has 1 fully saturated rings. The van der Waals surface area contributed by atoms with Crippen LogP contribution in [0.5, 0.6) is 0 Å². The summed E-state index contributed by atoms with van der Waals surface area (Å²) in [4.78, 5) is 12.8. The third-order valence-corrected chi connectivity index (χ3v) is 2.67. The van der Waals surface area contributed by atoms with Crippen molar-refractivity contribution >= 4 is 5.91 Å². The van der Waals surface area contributed by atoms with Gasteiger partial charge in [0.15, 0.2) is 0 Å². The molecule has 1 amide bonds. The maximum Gasteiger partial charge on any atom is 0.224 e. The molecule has 0 bridgehead atoms. The summed E-state index contributed by atoms with van der Waals surface area (Å²) in [7, 11) is 1.87. The van der Waals surface area contributed by atoms with E-state index in [-0.39, 0.29) is 5.91 Å². The van der Waals surface area contributed by atoms with E-state index in [2.05, 4.69) is 12.1 Å². The molecular weight excluding hydrogens is 162 g/mol. The molecule has 1 aliphatic heterocycles. The monoisotopic (exact) mass is 175 g/mol. The molecule has 1 saturated heterocycles. The van der Waals surface area contributed by atoms with Crippen molar-refractivity contribution in [3.63, 3.8) is 0 Å². The van der Waals surface area contributed by atoms with Crippen LogP contribution < -0.4 is 0 Å². The minimum absolute atomic E-state index is 0.265. The fourth-order valence-corrected chi connectivity index (χ4v) is 1.67. The maximum absolute atomic E-state index is 11.0. The first-order valence-electron chi connectivity index (χ1n) is 4.57. The molecule has 1 aromatic rings. The van der Waals surface area contributed by atoms with Gasteiger partial charge in [-0.25, -0.2) is 0 Å². The largest absolute Gasteiger partial charge is 0.342 e. The summed E-state index contributed by atoms with van der Waals surface area (Å²) in [5, 5.41) is 0. The molecule has 0 radical (unpaired) electrons. The number of likely N-dealkylation sites (N-methyl/N-ethyl adjacent to an activating group) is 1. The maximum atomic E-state index is 11.0. The van der Waals surface area contributed by atoms with Gasteiger partial charge in [0.05, 0.1) is 0 Å². The van der Waals surface area contributed by atoms with Crippen molar-refractivity contribution < 1.29 is 4.79 Å². The number of carbonyl (C=O) groups is 1. The molecule has 68 valence electrons. The lowest BCUT2D eigenvalue weighted by Crippen LogP contribution is -2.50. The normalized spacial score (nSPS) is 21.5. The van der Waals surface area contributed by atoms with E-state index in [1.54, 1.807) is 0 Å². The Balaban J connectivity index is 1.97. The van der Waals surface area contributed by atoms with Crippen molar-refractivity contribution in [3.8, 4) is 0 Å². The minimum atomic E-state index is 0.265. The first kappa shape index (κ1) is 8.30. The fourth-order valence-electron chi connectivity index (χ4n) is 1.67. The second-order valence-corrected chi connectivity index (χ2v) is 3.55. The molecule has 0 aromatic heterocycles. The highest BCUT2D eigenvalue weighted by Gasteiger charge is 2.32. The summed E-state index contributed by atoms with van der Waals surface area (Å²) in [6.45, 7) is 0. The highest BCUT2D eigenvalue weighted by molar-refractivity contribution is 5.82. The highest BCUT2D eigenvalue weighted by Crippen LogP contribution is 2.20. The summed E-state index contributed by atoms with van der Waals surface area (Å²) in [5.74, 6) is 0.265. The Morgan fingerprint density at radius 2 is 2.08 bits per heavy atom. The second kappa shape index (κ2) is 3.21. The van der Waals surface area contributed by atoms with E-state index in [0.29, 0.717) is 12.5 Å². The van der Waals surface area contributed by atoms with Crippen LogP contribution in [-0.4, -0.2) is 23.9 Å². The molecule has 0 spiro atoms. The number of rotatable bonds is 2. The van der Waals surface area contributed by atoms with Crippen molar-refractivity contribution in [2.75, 3.05) is 7.05 Å². The first-order valence-corrected chi connectivity index (χ1v) is 4.57. The van der Waals surface area contributed by atoms with Crippen LogP contribution in [0.25, 0.3) is 0 Å². The molecule has 0 aliphatic carbocycles. The van der Waals surface area contributed by atoms with Gasteiger partial charge in [-0.3, -0.25) is 4.79 Å². The molecule has 1 heterocycles. The van der Waals surface area contributed by atoms with E-state index in [1.165, 1.54) is 5.56 Å². The zero-order chi connectivity index (χ0) is 9.26. The average Bonchev–Trinajstić information content (AvgIpc) is 2.19. The molecule has 0 N–H and O–H groups in total. The predicted octanol–water partition coefficient (Wildman–Crippen LogP) is 1.46. The Hall–Kier alpha value is -1.31. The number of amides is 1. The van der Waals surface area contributed by atoms with E-state index < -0.39 is 0 Å². The lowest BCUT2D eigenvalue weighted by Gasteiger charge is -2.37. The van der Waals surface area contributed by atoms with E-state index in [4.69, 9.17) is 0 Å². The van der Waals surface area contributed by atoms with E-state index in [0.717, 1.165) is 6.42 Å². The van der Waals surface area contributed by atoms with Gasteiger partial charge < -0.3 is 4.90 Å². The van der Waals surface area contributed by atoms with E-state index in [9.17, 15) is 4.79 Å². The van der Waals surface area contributed by atoms with Gasteiger partial charge in [0.2, 0.25) is 5.91 Å². The van der Waals surface area contributed by atoms with Crippen LogP contribution >= 0.6 is 0 Å². The van der Waals surface area contributed by atoms with Crippen molar-refractivity contribution in [1.29, 1.82) is 0 Å². The van der Waals surface area contributed by atoms with Gasteiger partial charge in [-0.1, -0.05) is 30.3 Å². The number of hydrogen-bond acceptors (Lipinski definition) is 1. The lowest BCUT2D eigenvalue weighted by atomic mass is 9.95. The zero-order valence-corrected chi connectivity index (χ0v) is 7.73. The predicted molar refractivity (Wildman–Crippen MR) is 51.3 cm³/mol. The molecule has 13 heavy (non-hydrogen) atoms. The molecular formula is C11H13NO. The van der Waals surface area contributed by atoms with Crippen LogP contribution in [0.15, 0.2) is 30.3 Å². The number of nitrogens with zero attached hydrogens (tertiary/aromatic N) is 1. The van der Waals surface area contributed by atoms with Crippen LogP contribution in [0, 0.1) is 0 Å². The van der Waals surface area contributed by atoms with Crippen LogP contribution in [0.2, 0.25) is 0 Å². The quantitative estimate of drug-likeness (QED) is 0.623. The molecule has 1 atom stereocenters. The number of β-lactam (4-membered cyclic amide) rings is 1. The van der Waals surface area contributed by atoms with Crippen LogP contribution in [0.1, 0.15) is 12.0 Å². The summed E-state index contributed by atoms with van der Waals surface area (Å²) in [5.41, 5.74) is 1.31. The Morgan fingerprint density at radius 1 is 1.38 bits per heavy atom. The van der Waals surface area contributed by atoms with Crippen LogP contribution in [-0.2, 0) is 11.2 Å². The Morgan fingerprint density at radius 3 is 2.62 bits per heavy atom. The minimum Gasteiger partial charge on any atom is -0.342 e. The van der Waals surface area contributed by atoms with Gasteiger partial charge >= 0.3 is 0 Å². The zero-order valence-electron chi connectivity index (χ0n) is 7.73. The molecule has 0 saturated carbocycles. The average molecular weight is 175 g/mol. The smallest absolute Gasteiger partial charge is 0.224 e. The highest BCUT2D eigenvalue weighted by atomic mass is 16.2. The van der Waals surface area contributed by atoms with Gasteiger partial charge in [0.1, 0.15) is 0 Å². The van der Waals surface area contributed by atoms with Gasteiger partial charge in [0.25, 0.3) is 0 Å². The molecule has 1 unspecified atom stereocenters. The van der Waals surface area contributed by atoms with E-state index >= 15 is 0 Å². The lowest BCUT2D eigenvalue weighted by molar-refractivity contribution is -0.143. The van der Waals surface area contributed by atoms with Crippen molar-refractivity contribution in [1.82, 2.24) is 4.90 Å². The van der Waals surface area contributed by atoms with Gasteiger partial charge in [0, 0.05) is 19.5 Å². The first-order chi connectivity index (χ1) is 6.27. The summed E-state index contributed by atoms with van der Waals surface area (Å²) < 4.78 is 0. The summed E-state index contributed by atoms with van der Waals surface area (Å²) in [6, 6.07) is 10.7. The molecule has 1 aromatic carbocycles. The molecule has 2 rings (SSSR count). The molecule has 2 heteroatoms. The third-order valence-electron chi connectivity index (χ3n) is 2.67. The standard InChI is InChI=1S/C11H13NO/c1-12-10(8-11(12)13)7-9-5-3-2-4-6-9/h2-6,10H,7-8H2,1H3. The number of benzene rings is 1. The topological polar surface area (TPSA) is 20.3 Å². The fraction of sp³-hybridized carbons (Fsp3) is 0.364. The summed E-state index contributed by atoms with van der Waals surface area (Å²) >= 11 is 0. The molecule has 2 nitrogen and oxygen atoms in total. The van der Waals surface area contributed by atoms with Gasteiger partial charge in [-0.2, -0.15) is 0 Å². The van der Waals surface area contributed by atoms with Gasteiger partial charge in [-0.05, 0) is 12.0 Å². The van der Waals surface area contributed by atoms with Crippen LogP contribution in [0.3, 0.4) is 0 Å². The van der Waals surface area contributed by atoms with Crippen molar-refractivity contribution in [2.24, 2.45) is 0 Å². The SMILES string of the molecule is CN1C(=O)CC1Cc1ccccc1. The van der Waals surface area contributed by atoms with Crippen molar-refractivity contribution in [3.05, 3.63) is 35.9 Å².